The highest BCUT2D eigenvalue weighted by Gasteiger charge is 2.18. The van der Waals surface area contributed by atoms with Gasteiger partial charge in [-0.15, -0.1) is 0 Å². The largest absolute Gasteiger partial charge is 0.447 e. The SMILES string of the molecule is CCNCc1ccc(S(=O)(=O)NCCC(C)C)o1. The zero-order valence-electron chi connectivity index (χ0n) is 11.2. The molecule has 0 aliphatic heterocycles. The maximum Gasteiger partial charge on any atom is 0.273 e. The van der Waals surface area contributed by atoms with Crippen molar-refractivity contribution in [2.24, 2.45) is 5.92 Å². The first kappa shape index (κ1) is 15.2. The number of nitrogens with one attached hydrogen (secondary N) is 2. The van der Waals surface area contributed by atoms with Gasteiger partial charge in [-0.2, -0.15) is 0 Å². The fourth-order valence-electron chi connectivity index (χ4n) is 1.40. The average molecular weight is 274 g/mol. The van der Waals surface area contributed by atoms with Crippen molar-refractivity contribution in [1.29, 1.82) is 0 Å². The molecule has 0 aliphatic rings. The molecule has 0 spiro atoms. The first-order chi connectivity index (χ1) is 8.45. The Balaban J connectivity index is 2.58. The predicted octanol–water partition coefficient (Wildman–Crippen LogP) is 1.71. The van der Waals surface area contributed by atoms with Gasteiger partial charge in [0, 0.05) is 6.54 Å². The van der Waals surface area contributed by atoms with Crippen molar-refractivity contribution in [3.63, 3.8) is 0 Å². The second-order valence-corrected chi connectivity index (χ2v) is 6.28. The summed E-state index contributed by atoms with van der Waals surface area (Å²) in [5, 5.41) is 3.06. The Kier molecular flexibility index (Phi) is 5.84. The molecule has 0 radical (unpaired) electrons. The van der Waals surface area contributed by atoms with E-state index < -0.39 is 10.0 Å². The van der Waals surface area contributed by atoms with Crippen molar-refractivity contribution < 1.29 is 12.8 Å². The second-order valence-electron chi connectivity index (χ2n) is 4.58. The van der Waals surface area contributed by atoms with Crippen molar-refractivity contribution in [2.75, 3.05) is 13.1 Å². The minimum atomic E-state index is -3.50. The number of furan rings is 1. The molecule has 104 valence electrons. The molecular weight excluding hydrogens is 252 g/mol. The third-order valence-corrected chi connectivity index (χ3v) is 3.80. The summed E-state index contributed by atoms with van der Waals surface area (Å²) in [7, 11) is -3.50. The van der Waals surface area contributed by atoms with E-state index in [0.717, 1.165) is 13.0 Å². The lowest BCUT2D eigenvalue weighted by atomic mass is 10.1. The van der Waals surface area contributed by atoms with Crippen LogP contribution >= 0.6 is 0 Å². The van der Waals surface area contributed by atoms with E-state index in [-0.39, 0.29) is 5.09 Å². The lowest BCUT2D eigenvalue weighted by Gasteiger charge is -2.06. The van der Waals surface area contributed by atoms with Gasteiger partial charge in [-0.25, -0.2) is 13.1 Å². The van der Waals surface area contributed by atoms with E-state index in [9.17, 15) is 8.42 Å². The molecule has 2 N–H and O–H groups in total. The summed E-state index contributed by atoms with van der Waals surface area (Å²) < 4.78 is 31.6. The fraction of sp³-hybridized carbons (Fsp3) is 0.667. The molecule has 0 aliphatic carbocycles. The molecule has 0 bridgehead atoms. The number of rotatable bonds is 8. The first-order valence-corrected chi connectivity index (χ1v) is 7.73. The zero-order valence-corrected chi connectivity index (χ0v) is 12.0. The van der Waals surface area contributed by atoms with Crippen LogP contribution in [0.15, 0.2) is 21.6 Å². The molecule has 0 unspecified atom stereocenters. The molecular formula is C12H22N2O3S. The monoisotopic (exact) mass is 274 g/mol. The van der Waals surface area contributed by atoms with Crippen molar-refractivity contribution in [3.05, 3.63) is 17.9 Å². The minimum absolute atomic E-state index is 0.0147. The quantitative estimate of drug-likeness (QED) is 0.757. The summed E-state index contributed by atoms with van der Waals surface area (Å²) in [5.74, 6) is 1.09. The Morgan fingerprint density at radius 1 is 1.33 bits per heavy atom. The summed E-state index contributed by atoms with van der Waals surface area (Å²) in [5.41, 5.74) is 0. The molecule has 5 nitrogen and oxygen atoms in total. The van der Waals surface area contributed by atoms with Crippen LogP contribution in [0.4, 0.5) is 0 Å². The lowest BCUT2D eigenvalue weighted by Crippen LogP contribution is -2.25. The maximum absolute atomic E-state index is 11.9. The Bertz CT molecular complexity index is 452. The highest BCUT2D eigenvalue weighted by Crippen LogP contribution is 2.13. The van der Waals surface area contributed by atoms with Gasteiger partial charge in [0.1, 0.15) is 5.76 Å². The van der Waals surface area contributed by atoms with Crippen LogP contribution in [0.2, 0.25) is 0 Å². The Morgan fingerprint density at radius 2 is 2.06 bits per heavy atom. The van der Waals surface area contributed by atoms with Crippen LogP contribution in [0.1, 0.15) is 33.0 Å². The third kappa shape index (κ3) is 4.80. The molecule has 18 heavy (non-hydrogen) atoms. The molecule has 0 saturated heterocycles. The minimum Gasteiger partial charge on any atom is -0.447 e. The molecule has 1 aromatic rings. The van der Waals surface area contributed by atoms with Crippen molar-refractivity contribution in [3.8, 4) is 0 Å². The number of sulfonamides is 1. The Morgan fingerprint density at radius 3 is 2.67 bits per heavy atom. The van der Waals surface area contributed by atoms with Gasteiger partial charge in [-0.3, -0.25) is 0 Å². The molecule has 0 aromatic carbocycles. The topological polar surface area (TPSA) is 71.3 Å². The highest BCUT2D eigenvalue weighted by atomic mass is 32.2. The predicted molar refractivity (Wildman–Crippen MR) is 70.7 cm³/mol. The van der Waals surface area contributed by atoms with E-state index in [1.54, 1.807) is 6.07 Å². The van der Waals surface area contributed by atoms with Crippen LogP contribution in [0.5, 0.6) is 0 Å². The molecule has 1 heterocycles. The van der Waals surface area contributed by atoms with Crippen LogP contribution in [-0.4, -0.2) is 21.5 Å². The van der Waals surface area contributed by atoms with E-state index in [4.69, 9.17) is 4.42 Å². The van der Waals surface area contributed by atoms with Crippen LogP contribution in [0.3, 0.4) is 0 Å². The van der Waals surface area contributed by atoms with Gasteiger partial charge in [0.25, 0.3) is 10.0 Å². The maximum atomic E-state index is 11.9. The van der Waals surface area contributed by atoms with Gasteiger partial charge in [0.2, 0.25) is 5.09 Å². The lowest BCUT2D eigenvalue weighted by molar-refractivity contribution is 0.401. The summed E-state index contributed by atoms with van der Waals surface area (Å²) in [6.07, 6.45) is 0.810. The molecule has 0 atom stereocenters. The standard InChI is InChI=1S/C12H22N2O3S/c1-4-13-9-11-5-6-12(17-11)18(15,16)14-8-7-10(2)3/h5-6,10,13-14H,4,7-9H2,1-3H3. The van der Waals surface area contributed by atoms with Crippen LogP contribution < -0.4 is 10.0 Å². The normalized spacial score (nSPS) is 12.2. The van der Waals surface area contributed by atoms with Gasteiger partial charge in [-0.1, -0.05) is 20.8 Å². The van der Waals surface area contributed by atoms with Gasteiger partial charge in [0.05, 0.1) is 6.54 Å². The molecule has 6 heteroatoms. The summed E-state index contributed by atoms with van der Waals surface area (Å²) in [4.78, 5) is 0. The summed E-state index contributed by atoms with van der Waals surface area (Å²) in [6.45, 7) is 7.87. The molecule has 1 aromatic heterocycles. The van der Waals surface area contributed by atoms with Gasteiger partial charge in [0.15, 0.2) is 0 Å². The number of hydrogen-bond acceptors (Lipinski definition) is 4. The van der Waals surface area contributed by atoms with Crippen molar-refractivity contribution in [1.82, 2.24) is 10.0 Å². The van der Waals surface area contributed by atoms with E-state index in [2.05, 4.69) is 23.9 Å². The van der Waals surface area contributed by atoms with Crippen molar-refractivity contribution in [2.45, 2.75) is 38.8 Å². The van der Waals surface area contributed by atoms with E-state index in [1.807, 2.05) is 6.92 Å². The van der Waals surface area contributed by atoms with Gasteiger partial charge in [-0.05, 0) is 31.0 Å². The van der Waals surface area contributed by atoms with E-state index >= 15 is 0 Å². The first-order valence-electron chi connectivity index (χ1n) is 6.24. The summed E-state index contributed by atoms with van der Waals surface area (Å²) in [6, 6.07) is 3.17. The third-order valence-electron chi connectivity index (χ3n) is 2.46. The van der Waals surface area contributed by atoms with Crippen LogP contribution in [0, 0.1) is 5.92 Å². The van der Waals surface area contributed by atoms with Gasteiger partial charge < -0.3 is 9.73 Å². The van der Waals surface area contributed by atoms with E-state index in [0.29, 0.717) is 24.8 Å². The fourth-order valence-corrected chi connectivity index (χ4v) is 2.39. The zero-order chi connectivity index (χ0) is 13.6. The van der Waals surface area contributed by atoms with Gasteiger partial charge >= 0.3 is 0 Å². The Labute approximate surface area is 109 Å². The smallest absolute Gasteiger partial charge is 0.273 e. The highest BCUT2D eigenvalue weighted by molar-refractivity contribution is 7.89. The van der Waals surface area contributed by atoms with Crippen LogP contribution in [0.25, 0.3) is 0 Å². The average Bonchev–Trinajstić information content (AvgIpc) is 2.74. The van der Waals surface area contributed by atoms with E-state index in [1.165, 1.54) is 6.07 Å². The molecule has 0 saturated carbocycles. The summed E-state index contributed by atoms with van der Waals surface area (Å²) >= 11 is 0. The van der Waals surface area contributed by atoms with Crippen LogP contribution in [-0.2, 0) is 16.6 Å². The van der Waals surface area contributed by atoms with Crippen molar-refractivity contribution >= 4 is 10.0 Å². The molecule has 1 rings (SSSR count). The number of hydrogen-bond donors (Lipinski definition) is 2. The molecule has 0 amide bonds. The molecule has 0 fully saturated rings. The second kappa shape index (κ2) is 6.92. The Hall–Kier alpha value is -0.850.